The molecule has 6 rings (SSSR count). The van der Waals surface area contributed by atoms with Crippen LogP contribution in [0.5, 0.6) is 0 Å². The van der Waals surface area contributed by atoms with E-state index in [-0.39, 0.29) is 28.7 Å². The number of nitrogens with one attached hydrogen (secondary N) is 2. The predicted octanol–water partition coefficient (Wildman–Crippen LogP) is 4.32. The summed E-state index contributed by atoms with van der Waals surface area (Å²) in [6, 6.07) is 6.42. The highest BCUT2D eigenvalue weighted by Gasteiger charge is 2.50. The summed E-state index contributed by atoms with van der Waals surface area (Å²) < 4.78 is 27.9. The first-order valence-electron chi connectivity index (χ1n) is 13.5. The second-order valence-corrected chi connectivity index (χ2v) is 13.9. The summed E-state index contributed by atoms with van der Waals surface area (Å²) >= 11 is 0. The van der Waals surface area contributed by atoms with E-state index >= 15 is 0 Å². The molecule has 1 aromatic carbocycles. The van der Waals surface area contributed by atoms with Crippen LogP contribution in [-0.2, 0) is 19.6 Å². The molecule has 2 N–H and O–H groups in total. The molecule has 2 amide bonds. The minimum Gasteiger partial charge on any atom is -0.349 e. The van der Waals surface area contributed by atoms with E-state index in [9.17, 15) is 18.0 Å². The molecule has 7 nitrogen and oxygen atoms in total. The van der Waals surface area contributed by atoms with Gasteiger partial charge in [0, 0.05) is 31.2 Å². The summed E-state index contributed by atoms with van der Waals surface area (Å²) in [5, 5.41) is 5.86. The first-order chi connectivity index (χ1) is 17.2. The van der Waals surface area contributed by atoms with E-state index in [1.807, 2.05) is 6.92 Å². The average Bonchev–Trinajstić information content (AvgIpc) is 2.83. The van der Waals surface area contributed by atoms with E-state index in [1.165, 1.54) is 48.9 Å². The van der Waals surface area contributed by atoms with E-state index in [2.05, 4.69) is 17.2 Å². The fourth-order valence-electron chi connectivity index (χ4n) is 7.84. The molecule has 196 valence electrons. The van der Waals surface area contributed by atoms with E-state index in [1.54, 1.807) is 24.3 Å². The lowest BCUT2D eigenvalue weighted by atomic mass is 9.48. The number of nitrogens with zero attached hydrogens (tertiary/aromatic N) is 1. The molecular formula is C28H39N3O4S. The Morgan fingerprint density at radius 3 is 2.25 bits per heavy atom. The number of sulfonamides is 1. The number of carbonyl (C=O) groups is 2. The molecule has 8 heteroatoms. The molecule has 4 saturated carbocycles. The maximum Gasteiger partial charge on any atom is 0.243 e. The predicted molar refractivity (Wildman–Crippen MR) is 140 cm³/mol. The second kappa shape index (κ2) is 9.93. The Hall–Kier alpha value is -2.19. The molecule has 4 bridgehead atoms. The van der Waals surface area contributed by atoms with Gasteiger partial charge in [-0.05, 0) is 111 Å². The van der Waals surface area contributed by atoms with E-state index in [0.717, 1.165) is 24.2 Å². The van der Waals surface area contributed by atoms with Crippen molar-refractivity contribution in [3.05, 3.63) is 36.9 Å². The van der Waals surface area contributed by atoms with Crippen LogP contribution >= 0.6 is 0 Å². The molecule has 1 heterocycles. The molecular weight excluding hydrogens is 474 g/mol. The van der Waals surface area contributed by atoms with Crippen molar-refractivity contribution in [2.24, 2.45) is 29.1 Å². The topological polar surface area (TPSA) is 95.6 Å². The van der Waals surface area contributed by atoms with Crippen LogP contribution in [0.4, 0.5) is 5.69 Å². The fraction of sp³-hybridized carbons (Fsp3) is 0.643. The number of hydrogen-bond acceptors (Lipinski definition) is 4. The molecule has 5 aliphatic rings. The van der Waals surface area contributed by atoms with Crippen LogP contribution in [0.25, 0.3) is 0 Å². The van der Waals surface area contributed by atoms with Gasteiger partial charge in [0.05, 0.1) is 4.90 Å². The van der Waals surface area contributed by atoms with Gasteiger partial charge in [-0.15, -0.1) is 0 Å². The average molecular weight is 514 g/mol. The molecule has 36 heavy (non-hydrogen) atoms. The third-order valence-corrected chi connectivity index (χ3v) is 11.1. The van der Waals surface area contributed by atoms with Gasteiger partial charge in [0.25, 0.3) is 0 Å². The van der Waals surface area contributed by atoms with Gasteiger partial charge in [0.2, 0.25) is 21.8 Å². The Morgan fingerprint density at radius 1 is 1.08 bits per heavy atom. The molecule has 1 saturated heterocycles. The van der Waals surface area contributed by atoms with Crippen LogP contribution in [0.15, 0.2) is 41.8 Å². The number of carbonyl (C=O) groups excluding carboxylic acids is 2. The summed E-state index contributed by atoms with van der Waals surface area (Å²) in [4.78, 5) is 24.6. The monoisotopic (exact) mass is 513 g/mol. The molecule has 2 atom stereocenters. The summed E-state index contributed by atoms with van der Waals surface area (Å²) in [6.45, 7) is 6.10. The van der Waals surface area contributed by atoms with E-state index < -0.39 is 10.0 Å². The van der Waals surface area contributed by atoms with Crippen LogP contribution in [0.2, 0.25) is 0 Å². The molecule has 1 aliphatic heterocycles. The zero-order valence-corrected chi connectivity index (χ0v) is 22.1. The Labute approximate surface area is 215 Å². The highest BCUT2D eigenvalue weighted by Crippen LogP contribution is 2.61. The number of piperidine rings is 1. The third kappa shape index (κ3) is 5.25. The number of rotatable bonds is 8. The van der Waals surface area contributed by atoms with Gasteiger partial charge < -0.3 is 10.6 Å². The van der Waals surface area contributed by atoms with Gasteiger partial charge >= 0.3 is 0 Å². The van der Waals surface area contributed by atoms with Gasteiger partial charge in [0.15, 0.2) is 0 Å². The summed E-state index contributed by atoms with van der Waals surface area (Å²) in [5.74, 6) is 2.41. The molecule has 4 aliphatic carbocycles. The first-order valence-corrected chi connectivity index (χ1v) is 14.9. The van der Waals surface area contributed by atoms with Crippen LogP contribution in [0, 0.1) is 29.1 Å². The summed E-state index contributed by atoms with van der Waals surface area (Å²) in [5.41, 5.74) is 1.01. The molecule has 1 aromatic rings. The van der Waals surface area contributed by atoms with Gasteiger partial charge in [-0.3, -0.25) is 9.59 Å². The highest BCUT2D eigenvalue weighted by molar-refractivity contribution is 7.89. The lowest BCUT2D eigenvalue weighted by Gasteiger charge is -2.57. The zero-order chi connectivity index (χ0) is 25.5. The molecule has 5 fully saturated rings. The zero-order valence-electron chi connectivity index (χ0n) is 21.2. The highest BCUT2D eigenvalue weighted by atomic mass is 32.2. The second-order valence-electron chi connectivity index (χ2n) is 11.9. The van der Waals surface area contributed by atoms with Crippen LogP contribution in [0.1, 0.15) is 64.7 Å². The number of anilines is 1. The van der Waals surface area contributed by atoms with Crippen molar-refractivity contribution in [3.8, 4) is 0 Å². The molecule has 0 radical (unpaired) electrons. The Kier molecular flexibility index (Phi) is 7.03. The minimum atomic E-state index is -3.65. The smallest absolute Gasteiger partial charge is 0.243 e. The first kappa shape index (κ1) is 25.5. The number of amides is 2. The van der Waals surface area contributed by atoms with Gasteiger partial charge in [-0.1, -0.05) is 13.5 Å². The van der Waals surface area contributed by atoms with Crippen molar-refractivity contribution >= 4 is 27.5 Å². The lowest BCUT2D eigenvalue weighted by Crippen LogP contribution is -2.51. The van der Waals surface area contributed by atoms with Crippen LogP contribution < -0.4 is 10.6 Å². The standard InChI is InChI=1S/C28H39N3O4S/c1-3-26(32)30-25-9-11-31(18-19(25)2)36(34,35)24-6-4-23(5-7-24)29-27(33)8-10-28-15-20-12-21(16-28)14-22(13-20)17-28/h3-7,19-22,25H,1,8-18H2,2H3,(H,29,33)(H,30,32). The molecule has 2 unspecified atom stereocenters. The van der Waals surface area contributed by atoms with Crippen molar-refractivity contribution in [1.29, 1.82) is 0 Å². The van der Waals surface area contributed by atoms with Gasteiger partial charge in [0.1, 0.15) is 0 Å². The van der Waals surface area contributed by atoms with Crippen molar-refractivity contribution in [2.45, 2.75) is 75.6 Å². The van der Waals surface area contributed by atoms with Gasteiger partial charge in [-0.25, -0.2) is 8.42 Å². The maximum absolute atomic E-state index is 13.2. The summed E-state index contributed by atoms with van der Waals surface area (Å²) in [7, 11) is -3.65. The summed E-state index contributed by atoms with van der Waals surface area (Å²) in [6.07, 6.45) is 11.4. The van der Waals surface area contributed by atoms with Crippen molar-refractivity contribution in [1.82, 2.24) is 9.62 Å². The third-order valence-electron chi connectivity index (χ3n) is 9.20. The van der Waals surface area contributed by atoms with Crippen molar-refractivity contribution < 1.29 is 18.0 Å². The number of benzene rings is 1. The normalized spacial score (nSPS) is 33.8. The maximum atomic E-state index is 13.2. The fourth-order valence-corrected chi connectivity index (χ4v) is 9.39. The SMILES string of the molecule is C=CC(=O)NC1CCN(S(=O)(=O)c2ccc(NC(=O)CCC34CC5CC(CC(C5)C3)C4)cc2)CC1C. The van der Waals surface area contributed by atoms with Crippen LogP contribution in [0.3, 0.4) is 0 Å². The largest absolute Gasteiger partial charge is 0.349 e. The quantitative estimate of drug-likeness (QED) is 0.506. The Bertz CT molecular complexity index is 1080. The van der Waals surface area contributed by atoms with Crippen LogP contribution in [-0.4, -0.2) is 43.7 Å². The van der Waals surface area contributed by atoms with Crippen molar-refractivity contribution in [2.75, 3.05) is 18.4 Å². The molecule has 0 spiro atoms. The minimum absolute atomic E-state index is 0.00930. The Balaban J connectivity index is 1.14. The van der Waals surface area contributed by atoms with E-state index in [4.69, 9.17) is 0 Å². The number of hydrogen-bond donors (Lipinski definition) is 2. The van der Waals surface area contributed by atoms with Gasteiger partial charge in [-0.2, -0.15) is 4.31 Å². The van der Waals surface area contributed by atoms with E-state index in [0.29, 0.717) is 37.0 Å². The lowest BCUT2D eigenvalue weighted by molar-refractivity contribution is -0.119. The Morgan fingerprint density at radius 2 is 1.69 bits per heavy atom. The van der Waals surface area contributed by atoms with Crippen molar-refractivity contribution in [3.63, 3.8) is 0 Å². The molecule has 0 aromatic heterocycles.